The largest absolute Gasteiger partial charge is 0.495 e. The molecule has 0 spiro atoms. The fraction of sp³-hybridized carbons (Fsp3) is 0.222. The molecule has 2 aromatic carbocycles. The molecule has 1 atom stereocenters. The number of methoxy groups -OCH3 is 1. The number of amides is 1. The van der Waals surface area contributed by atoms with E-state index >= 15 is 0 Å². The number of hydrogen-bond donors (Lipinski definition) is 1. The number of fused-ring (bicyclic) bond motifs is 1. The summed E-state index contributed by atoms with van der Waals surface area (Å²) in [5.74, 6) is 0.231. The van der Waals surface area contributed by atoms with E-state index in [0.29, 0.717) is 28.0 Å². The maximum absolute atomic E-state index is 12.1. The second-order valence-electron chi connectivity index (χ2n) is 5.36. The lowest BCUT2D eigenvalue weighted by Crippen LogP contribution is -2.39. The smallest absolute Gasteiger partial charge is 0.351 e. The lowest BCUT2D eigenvalue weighted by atomic mass is 10.2. The van der Waals surface area contributed by atoms with Crippen molar-refractivity contribution in [3.8, 4) is 17.2 Å². The standard InChI is InChI=1S/C18H16ClNO6/c1-23-13-7-6-11(19)8-12(13)20-17(21)10-25-18(22)16-9-24-14-4-2-3-5-15(14)26-16/h2-8,16H,9-10H2,1H3,(H,20,21)/t16-/m1/s1. The first-order chi connectivity index (χ1) is 12.6. The van der Waals surface area contributed by atoms with Crippen LogP contribution in [0.3, 0.4) is 0 Å². The van der Waals surface area contributed by atoms with Gasteiger partial charge in [-0.25, -0.2) is 4.79 Å². The first kappa shape index (κ1) is 17.9. The highest BCUT2D eigenvalue weighted by Gasteiger charge is 2.29. The van der Waals surface area contributed by atoms with Gasteiger partial charge in [0.1, 0.15) is 12.4 Å². The van der Waals surface area contributed by atoms with Crippen LogP contribution in [0.25, 0.3) is 0 Å². The number of esters is 1. The minimum atomic E-state index is -0.932. The van der Waals surface area contributed by atoms with E-state index in [0.717, 1.165) is 0 Å². The molecule has 0 bridgehead atoms. The Morgan fingerprint density at radius 2 is 2.00 bits per heavy atom. The van der Waals surface area contributed by atoms with Crippen LogP contribution in [0.1, 0.15) is 0 Å². The van der Waals surface area contributed by atoms with E-state index in [2.05, 4.69) is 5.32 Å². The van der Waals surface area contributed by atoms with Crippen molar-refractivity contribution in [2.45, 2.75) is 6.10 Å². The van der Waals surface area contributed by atoms with Gasteiger partial charge in [0.25, 0.3) is 5.91 Å². The van der Waals surface area contributed by atoms with Crippen molar-refractivity contribution in [2.24, 2.45) is 0 Å². The van der Waals surface area contributed by atoms with Gasteiger partial charge in [0.2, 0.25) is 6.10 Å². The molecule has 0 saturated heterocycles. The number of ether oxygens (including phenoxy) is 4. The van der Waals surface area contributed by atoms with E-state index in [1.165, 1.54) is 13.2 Å². The zero-order valence-corrected chi connectivity index (χ0v) is 14.6. The lowest BCUT2D eigenvalue weighted by molar-refractivity contribution is -0.156. The Morgan fingerprint density at radius 1 is 1.23 bits per heavy atom. The van der Waals surface area contributed by atoms with Crippen LogP contribution >= 0.6 is 11.6 Å². The topological polar surface area (TPSA) is 83.1 Å². The molecule has 2 aromatic rings. The van der Waals surface area contributed by atoms with Crippen LogP contribution in [0.15, 0.2) is 42.5 Å². The summed E-state index contributed by atoms with van der Waals surface area (Å²) in [6.07, 6.45) is -0.932. The van der Waals surface area contributed by atoms with E-state index in [-0.39, 0.29) is 6.61 Å². The Labute approximate surface area is 154 Å². The minimum absolute atomic E-state index is 0.0135. The molecule has 1 amide bonds. The van der Waals surface area contributed by atoms with Gasteiger partial charge in [0, 0.05) is 5.02 Å². The molecule has 7 nitrogen and oxygen atoms in total. The molecule has 0 unspecified atom stereocenters. The number of carbonyl (C=O) groups excluding carboxylic acids is 2. The molecule has 0 aromatic heterocycles. The molecule has 1 heterocycles. The highest BCUT2D eigenvalue weighted by molar-refractivity contribution is 6.31. The molecule has 3 rings (SSSR count). The van der Waals surface area contributed by atoms with Crippen LogP contribution in [0.5, 0.6) is 17.2 Å². The van der Waals surface area contributed by atoms with Gasteiger partial charge < -0.3 is 24.3 Å². The van der Waals surface area contributed by atoms with E-state index in [1.54, 1.807) is 36.4 Å². The molecular weight excluding hydrogens is 362 g/mol. The Bertz CT molecular complexity index is 825. The third-order valence-corrected chi connectivity index (χ3v) is 3.79. The van der Waals surface area contributed by atoms with Gasteiger partial charge in [-0.15, -0.1) is 0 Å². The molecule has 1 aliphatic heterocycles. The first-order valence-corrected chi connectivity index (χ1v) is 8.13. The van der Waals surface area contributed by atoms with E-state index in [9.17, 15) is 9.59 Å². The Kier molecular flexibility index (Phi) is 5.48. The molecular formula is C18H16ClNO6. The summed E-state index contributed by atoms with van der Waals surface area (Å²) in [6, 6.07) is 11.8. The summed E-state index contributed by atoms with van der Waals surface area (Å²) in [6.45, 7) is -0.463. The number of anilines is 1. The van der Waals surface area contributed by atoms with E-state index in [1.807, 2.05) is 0 Å². The monoisotopic (exact) mass is 377 g/mol. The molecule has 136 valence electrons. The second-order valence-corrected chi connectivity index (χ2v) is 5.80. The first-order valence-electron chi connectivity index (χ1n) is 7.75. The van der Waals surface area contributed by atoms with Crippen LogP contribution < -0.4 is 19.5 Å². The molecule has 0 aliphatic carbocycles. The zero-order chi connectivity index (χ0) is 18.5. The van der Waals surface area contributed by atoms with Crippen molar-refractivity contribution in [2.75, 3.05) is 25.6 Å². The van der Waals surface area contributed by atoms with Crippen molar-refractivity contribution in [1.29, 1.82) is 0 Å². The third kappa shape index (κ3) is 4.18. The van der Waals surface area contributed by atoms with Crippen LogP contribution in [0, 0.1) is 0 Å². The summed E-state index contributed by atoms with van der Waals surface area (Å²) in [5.41, 5.74) is 0.382. The predicted molar refractivity (Wildman–Crippen MR) is 93.9 cm³/mol. The normalized spacial score (nSPS) is 15.1. The Morgan fingerprint density at radius 3 is 2.77 bits per heavy atom. The Hall–Kier alpha value is -2.93. The quantitative estimate of drug-likeness (QED) is 0.806. The minimum Gasteiger partial charge on any atom is -0.495 e. The Balaban J connectivity index is 1.54. The van der Waals surface area contributed by atoms with Crippen molar-refractivity contribution < 1.29 is 28.5 Å². The van der Waals surface area contributed by atoms with Crippen LogP contribution in [-0.2, 0) is 14.3 Å². The molecule has 26 heavy (non-hydrogen) atoms. The molecule has 0 fully saturated rings. The number of hydrogen-bond acceptors (Lipinski definition) is 6. The van der Waals surface area contributed by atoms with Gasteiger partial charge >= 0.3 is 5.97 Å². The van der Waals surface area contributed by atoms with Gasteiger partial charge in [-0.1, -0.05) is 23.7 Å². The van der Waals surface area contributed by atoms with E-state index in [4.69, 9.17) is 30.5 Å². The summed E-state index contributed by atoms with van der Waals surface area (Å²) >= 11 is 5.90. The molecule has 0 saturated carbocycles. The molecule has 1 N–H and O–H groups in total. The fourth-order valence-electron chi connectivity index (χ4n) is 2.33. The van der Waals surface area contributed by atoms with Gasteiger partial charge in [0.05, 0.1) is 12.8 Å². The summed E-state index contributed by atoms with van der Waals surface area (Å²) < 4.78 is 21.1. The van der Waals surface area contributed by atoms with Crippen molar-refractivity contribution >= 4 is 29.2 Å². The van der Waals surface area contributed by atoms with E-state index < -0.39 is 24.6 Å². The molecule has 0 radical (unpaired) electrons. The van der Waals surface area contributed by atoms with Crippen LogP contribution in [0.2, 0.25) is 5.02 Å². The van der Waals surface area contributed by atoms with Crippen molar-refractivity contribution in [3.63, 3.8) is 0 Å². The van der Waals surface area contributed by atoms with Gasteiger partial charge in [-0.05, 0) is 30.3 Å². The maximum atomic E-state index is 12.1. The van der Waals surface area contributed by atoms with Crippen LogP contribution in [0.4, 0.5) is 5.69 Å². The fourth-order valence-corrected chi connectivity index (χ4v) is 2.50. The SMILES string of the molecule is COc1ccc(Cl)cc1NC(=O)COC(=O)[C@H]1COc2ccccc2O1. The number of benzene rings is 2. The average molecular weight is 378 g/mol. The highest BCUT2D eigenvalue weighted by atomic mass is 35.5. The summed E-state index contributed by atoms with van der Waals surface area (Å²) in [4.78, 5) is 24.1. The van der Waals surface area contributed by atoms with Crippen LogP contribution in [-0.4, -0.2) is 38.3 Å². The van der Waals surface area contributed by atoms with Gasteiger partial charge in [0.15, 0.2) is 18.1 Å². The molecule has 1 aliphatic rings. The highest BCUT2D eigenvalue weighted by Crippen LogP contribution is 2.31. The maximum Gasteiger partial charge on any atom is 0.351 e. The van der Waals surface area contributed by atoms with Gasteiger partial charge in [-0.2, -0.15) is 0 Å². The lowest BCUT2D eigenvalue weighted by Gasteiger charge is -2.24. The number of carbonyl (C=O) groups is 2. The number of halogens is 1. The summed E-state index contributed by atoms with van der Waals surface area (Å²) in [7, 11) is 1.47. The number of para-hydroxylation sites is 2. The summed E-state index contributed by atoms with van der Waals surface area (Å²) in [5, 5.41) is 3.01. The number of nitrogens with one attached hydrogen (secondary N) is 1. The molecule has 8 heteroatoms. The average Bonchev–Trinajstić information content (AvgIpc) is 2.66. The predicted octanol–water partition coefficient (Wildman–Crippen LogP) is 2.67. The van der Waals surface area contributed by atoms with Crippen molar-refractivity contribution in [3.05, 3.63) is 47.5 Å². The zero-order valence-electron chi connectivity index (χ0n) is 13.9. The number of rotatable bonds is 5. The van der Waals surface area contributed by atoms with Gasteiger partial charge in [-0.3, -0.25) is 4.79 Å². The third-order valence-electron chi connectivity index (χ3n) is 3.55. The second kappa shape index (κ2) is 7.97. The van der Waals surface area contributed by atoms with Crippen molar-refractivity contribution in [1.82, 2.24) is 0 Å².